The monoisotopic (exact) mass is 420 g/mol. The average Bonchev–Trinajstić information content (AvgIpc) is 2.97. The van der Waals surface area contributed by atoms with Gasteiger partial charge in [-0.2, -0.15) is 14.9 Å². The highest BCUT2D eigenvalue weighted by molar-refractivity contribution is 9.10. The van der Waals surface area contributed by atoms with Crippen LogP contribution in [0.1, 0.15) is 12.5 Å². The predicted molar refractivity (Wildman–Crippen MR) is 101 cm³/mol. The van der Waals surface area contributed by atoms with Crippen molar-refractivity contribution in [3.8, 4) is 17.1 Å². The number of rotatable bonds is 5. The molecule has 1 heterocycles. The molecule has 0 radical (unpaired) electrons. The van der Waals surface area contributed by atoms with Gasteiger partial charge in [0.05, 0.1) is 12.8 Å². The Labute approximate surface area is 157 Å². The molecule has 0 aliphatic rings. The summed E-state index contributed by atoms with van der Waals surface area (Å²) in [5, 5.41) is 11.2. The van der Waals surface area contributed by atoms with E-state index >= 15 is 0 Å². The predicted octanol–water partition coefficient (Wildman–Crippen LogP) is 4.79. The van der Waals surface area contributed by atoms with Gasteiger partial charge in [-0.3, -0.25) is 0 Å². The summed E-state index contributed by atoms with van der Waals surface area (Å²) in [5.74, 6) is 0.863. The second-order valence-electron chi connectivity index (χ2n) is 5.04. The molecule has 0 aliphatic carbocycles. The fraction of sp³-hybridized carbons (Fsp3) is 0.118. The Bertz CT molecular complexity index is 983. The summed E-state index contributed by atoms with van der Waals surface area (Å²) in [5.41, 5.74) is 1.12. The molecule has 128 valence electrons. The fourth-order valence-corrected chi connectivity index (χ4v) is 2.77. The van der Waals surface area contributed by atoms with E-state index in [1.807, 2.05) is 31.2 Å². The van der Waals surface area contributed by atoms with E-state index in [-0.39, 0.29) is 5.82 Å². The lowest BCUT2D eigenvalue weighted by Crippen LogP contribution is -1.97. The molecule has 0 spiro atoms. The normalized spacial score (nSPS) is 11.2. The molecule has 0 aliphatic heterocycles. The van der Waals surface area contributed by atoms with Gasteiger partial charge >= 0.3 is 0 Å². The molecule has 3 aromatic rings. The molecule has 3 rings (SSSR count). The second-order valence-corrected chi connectivity index (χ2v) is 6.34. The molecular formula is C17H14BrFN4OS. The van der Waals surface area contributed by atoms with E-state index < -0.39 is 0 Å². The summed E-state index contributed by atoms with van der Waals surface area (Å²) in [6.07, 6.45) is 1.40. The lowest BCUT2D eigenvalue weighted by molar-refractivity contribution is 0.340. The first-order chi connectivity index (χ1) is 12.1. The molecule has 2 aromatic carbocycles. The number of hydrogen-bond donors (Lipinski definition) is 1. The van der Waals surface area contributed by atoms with Gasteiger partial charge in [0.1, 0.15) is 11.6 Å². The highest BCUT2D eigenvalue weighted by Gasteiger charge is 2.09. The Morgan fingerprint density at radius 3 is 3.00 bits per heavy atom. The van der Waals surface area contributed by atoms with Crippen LogP contribution in [0.3, 0.4) is 0 Å². The third-order valence-electron chi connectivity index (χ3n) is 3.32. The number of ether oxygens (including phenoxy) is 1. The van der Waals surface area contributed by atoms with E-state index in [0.717, 1.165) is 15.8 Å². The van der Waals surface area contributed by atoms with Gasteiger partial charge in [-0.15, -0.1) is 0 Å². The summed E-state index contributed by atoms with van der Waals surface area (Å²) in [7, 11) is 0. The van der Waals surface area contributed by atoms with Crippen LogP contribution in [-0.2, 0) is 0 Å². The molecule has 0 atom stereocenters. The molecule has 0 saturated heterocycles. The molecule has 8 heteroatoms. The number of nitrogens with one attached hydrogen (secondary N) is 1. The lowest BCUT2D eigenvalue weighted by Gasteiger charge is -2.05. The summed E-state index contributed by atoms with van der Waals surface area (Å²) in [4.78, 5) is 0. The minimum atomic E-state index is -0.373. The largest absolute Gasteiger partial charge is 0.494 e. The number of aromatic nitrogens is 3. The van der Waals surface area contributed by atoms with Crippen LogP contribution >= 0.6 is 28.1 Å². The van der Waals surface area contributed by atoms with Gasteiger partial charge < -0.3 is 4.74 Å². The summed E-state index contributed by atoms with van der Waals surface area (Å²) < 4.78 is 21.9. The minimum absolute atomic E-state index is 0.309. The summed E-state index contributed by atoms with van der Waals surface area (Å²) in [6.45, 7) is 2.48. The standard InChI is InChI=1S/C17H14BrFN4OS/c1-2-24-14-5-3-4-11(9-14)16-21-22-17(25)23(16)20-10-12-8-13(18)6-7-15(12)19/h3-10H,2H2,1H3,(H,22,25). The van der Waals surface area contributed by atoms with Crippen molar-refractivity contribution in [3.63, 3.8) is 0 Å². The number of nitrogens with zero attached hydrogens (tertiary/aromatic N) is 3. The van der Waals surface area contributed by atoms with Gasteiger partial charge in [0, 0.05) is 15.6 Å². The van der Waals surface area contributed by atoms with E-state index in [0.29, 0.717) is 22.8 Å². The summed E-state index contributed by atoms with van der Waals surface area (Å²) >= 11 is 8.54. The quantitative estimate of drug-likeness (QED) is 0.476. The van der Waals surface area contributed by atoms with Gasteiger partial charge in [-0.1, -0.05) is 28.1 Å². The molecule has 0 saturated carbocycles. The zero-order chi connectivity index (χ0) is 17.8. The maximum atomic E-state index is 13.9. The average molecular weight is 421 g/mol. The van der Waals surface area contributed by atoms with Crippen LogP contribution < -0.4 is 4.74 Å². The third-order valence-corrected chi connectivity index (χ3v) is 4.08. The van der Waals surface area contributed by atoms with Crippen molar-refractivity contribution in [3.05, 3.63) is 63.1 Å². The Hall–Kier alpha value is -2.32. The molecule has 0 bridgehead atoms. The number of hydrogen-bond acceptors (Lipinski definition) is 4. The van der Waals surface area contributed by atoms with Crippen molar-refractivity contribution in [1.29, 1.82) is 0 Å². The van der Waals surface area contributed by atoms with Crippen molar-refractivity contribution in [1.82, 2.24) is 14.9 Å². The Morgan fingerprint density at radius 2 is 2.20 bits per heavy atom. The Balaban J connectivity index is 2.00. The first kappa shape index (κ1) is 17.5. The van der Waals surface area contributed by atoms with E-state index in [9.17, 15) is 4.39 Å². The number of H-pyrrole nitrogens is 1. The van der Waals surface area contributed by atoms with Crippen LogP contribution in [0.2, 0.25) is 0 Å². The van der Waals surface area contributed by atoms with Gasteiger partial charge in [-0.05, 0) is 49.5 Å². The first-order valence-electron chi connectivity index (χ1n) is 7.48. The van der Waals surface area contributed by atoms with Crippen LogP contribution in [0.5, 0.6) is 5.75 Å². The first-order valence-corrected chi connectivity index (χ1v) is 8.68. The van der Waals surface area contributed by atoms with Gasteiger partial charge in [0.25, 0.3) is 0 Å². The molecule has 25 heavy (non-hydrogen) atoms. The van der Waals surface area contributed by atoms with E-state index in [1.165, 1.54) is 17.0 Å². The molecule has 0 fully saturated rings. The topological polar surface area (TPSA) is 55.2 Å². The van der Waals surface area contributed by atoms with E-state index in [4.69, 9.17) is 17.0 Å². The van der Waals surface area contributed by atoms with Gasteiger partial charge in [0.2, 0.25) is 4.77 Å². The summed E-state index contributed by atoms with van der Waals surface area (Å²) in [6, 6.07) is 12.1. The van der Waals surface area contributed by atoms with Crippen LogP contribution in [0.15, 0.2) is 52.0 Å². The molecule has 5 nitrogen and oxygen atoms in total. The van der Waals surface area contributed by atoms with Crippen molar-refractivity contribution < 1.29 is 9.13 Å². The van der Waals surface area contributed by atoms with Crippen LogP contribution in [0.4, 0.5) is 4.39 Å². The Morgan fingerprint density at radius 1 is 1.36 bits per heavy atom. The maximum Gasteiger partial charge on any atom is 0.216 e. The second kappa shape index (κ2) is 7.71. The number of benzene rings is 2. The molecule has 1 N–H and O–H groups in total. The SMILES string of the molecule is CCOc1cccc(-c2n[nH]c(=S)n2N=Cc2cc(Br)ccc2F)c1. The smallest absolute Gasteiger partial charge is 0.216 e. The zero-order valence-corrected chi connectivity index (χ0v) is 15.6. The van der Waals surface area contributed by atoms with E-state index in [2.05, 4.69) is 31.2 Å². The zero-order valence-electron chi connectivity index (χ0n) is 13.2. The fourth-order valence-electron chi connectivity index (χ4n) is 2.21. The van der Waals surface area contributed by atoms with Crippen molar-refractivity contribution in [2.45, 2.75) is 6.92 Å². The van der Waals surface area contributed by atoms with Crippen molar-refractivity contribution in [2.75, 3.05) is 6.61 Å². The van der Waals surface area contributed by atoms with Gasteiger partial charge in [-0.25, -0.2) is 9.49 Å². The van der Waals surface area contributed by atoms with Crippen LogP contribution in [-0.4, -0.2) is 27.7 Å². The molecule has 0 amide bonds. The van der Waals surface area contributed by atoms with Crippen LogP contribution in [0, 0.1) is 10.6 Å². The highest BCUT2D eigenvalue weighted by Crippen LogP contribution is 2.23. The molecular weight excluding hydrogens is 407 g/mol. The molecule has 1 aromatic heterocycles. The van der Waals surface area contributed by atoms with Crippen molar-refractivity contribution in [2.24, 2.45) is 5.10 Å². The number of aromatic amines is 1. The van der Waals surface area contributed by atoms with E-state index in [1.54, 1.807) is 12.1 Å². The Kier molecular flexibility index (Phi) is 5.40. The van der Waals surface area contributed by atoms with Crippen molar-refractivity contribution >= 4 is 34.4 Å². The van der Waals surface area contributed by atoms with Crippen LogP contribution in [0.25, 0.3) is 11.4 Å². The highest BCUT2D eigenvalue weighted by atomic mass is 79.9. The number of halogens is 2. The maximum absolute atomic E-state index is 13.9. The molecule has 0 unspecified atom stereocenters. The lowest BCUT2D eigenvalue weighted by atomic mass is 10.2. The third kappa shape index (κ3) is 4.02. The van der Waals surface area contributed by atoms with Gasteiger partial charge in [0.15, 0.2) is 5.82 Å². The minimum Gasteiger partial charge on any atom is -0.494 e.